The zero-order valence-corrected chi connectivity index (χ0v) is 15.4. The van der Waals surface area contributed by atoms with Crippen LogP contribution in [0.2, 0.25) is 5.32 Å². The van der Waals surface area contributed by atoms with Gasteiger partial charge in [0.05, 0.1) is 0 Å². The summed E-state index contributed by atoms with van der Waals surface area (Å²) >= 11 is 0.263. The molecular formula is C18H26O3Se. The zero-order chi connectivity index (χ0) is 16.0. The first-order valence-electron chi connectivity index (χ1n) is 8.05. The van der Waals surface area contributed by atoms with Crippen molar-refractivity contribution in [3.05, 3.63) is 30.3 Å². The molecule has 0 spiro atoms. The van der Waals surface area contributed by atoms with Gasteiger partial charge in [0.15, 0.2) is 0 Å². The molecular weight excluding hydrogens is 343 g/mol. The number of rotatable bonds is 8. The van der Waals surface area contributed by atoms with E-state index < -0.39 is 5.79 Å². The van der Waals surface area contributed by atoms with E-state index in [2.05, 4.69) is 19.1 Å². The molecule has 2 atom stereocenters. The fraction of sp³-hybridized carbons (Fsp3) is 0.611. The quantitative estimate of drug-likeness (QED) is 0.661. The van der Waals surface area contributed by atoms with Crippen molar-refractivity contribution in [3.8, 4) is 0 Å². The molecule has 1 aliphatic rings. The van der Waals surface area contributed by atoms with E-state index in [0.29, 0.717) is 17.5 Å². The molecule has 0 bridgehead atoms. The SMILES string of the molecule is CC[C@H]1OC(C)(C)O[C@@H]1CCCC(=O)C[Se]c1ccccc1. The standard InChI is InChI=1S/C18H26O3Se/c1-4-16-17(21-18(2,3)20-16)12-8-9-14(19)13-22-15-10-6-5-7-11-15/h5-7,10-11,16-17H,4,8-9,12-13H2,1-3H3/t16-,17-/m1/s1. The van der Waals surface area contributed by atoms with Gasteiger partial charge in [0.25, 0.3) is 0 Å². The van der Waals surface area contributed by atoms with E-state index in [0.717, 1.165) is 19.3 Å². The van der Waals surface area contributed by atoms with Crippen molar-refractivity contribution < 1.29 is 14.3 Å². The summed E-state index contributed by atoms with van der Waals surface area (Å²) in [5, 5.41) is 0.696. The average Bonchev–Trinajstić information content (AvgIpc) is 2.80. The van der Waals surface area contributed by atoms with Gasteiger partial charge in [-0.2, -0.15) is 0 Å². The van der Waals surface area contributed by atoms with Crippen LogP contribution in [0, 0.1) is 0 Å². The Labute approximate surface area is 139 Å². The van der Waals surface area contributed by atoms with Gasteiger partial charge in [0.2, 0.25) is 0 Å². The molecule has 1 saturated heterocycles. The van der Waals surface area contributed by atoms with Gasteiger partial charge in [0.1, 0.15) is 0 Å². The first kappa shape index (κ1) is 17.7. The molecule has 0 aromatic heterocycles. The van der Waals surface area contributed by atoms with Crippen molar-refractivity contribution in [1.82, 2.24) is 0 Å². The van der Waals surface area contributed by atoms with Crippen LogP contribution in [-0.4, -0.2) is 38.7 Å². The number of benzene rings is 1. The van der Waals surface area contributed by atoms with Crippen LogP contribution < -0.4 is 4.46 Å². The van der Waals surface area contributed by atoms with Crippen molar-refractivity contribution in [2.45, 2.75) is 69.8 Å². The Hall–Kier alpha value is -0.671. The van der Waals surface area contributed by atoms with Gasteiger partial charge >= 0.3 is 140 Å². The van der Waals surface area contributed by atoms with Gasteiger partial charge in [-0.3, -0.25) is 0 Å². The molecule has 1 aliphatic heterocycles. The topological polar surface area (TPSA) is 35.5 Å². The molecule has 0 unspecified atom stereocenters. The van der Waals surface area contributed by atoms with E-state index in [1.807, 2.05) is 32.0 Å². The Kier molecular flexibility index (Phi) is 6.64. The normalized spacial score (nSPS) is 23.6. The third-order valence-corrected chi connectivity index (χ3v) is 6.02. The van der Waals surface area contributed by atoms with Crippen LogP contribution in [0.3, 0.4) is 0 Å². The van der Waals surface area contributed by atoms with E-state index in [-0.39, 0.29) is 27.2 Å². The third-order valence-electron chi connectivity index (χ3n) is 3.77. The van der Waals surface area contributed by atoms with E-state index in [1.54, 1.807) is 0 Å². The molecule has 0 aliphatic carbocycles. The molecule has 2 rings (SSSR count). The Balaban J connectivity index is 1.66. The van der Waals surface area contributed by atoms with Crippen molar-refractivity contribution in [3.63, 3.8) is 0 Å². The summed E-state index contributed by atoms with van der Waals surface area (Å²) < 4.78 is 13.1. The molecule has 1 aromatic rings. The second-order valence-corrected chi connectivity index (χ2v) is 8.35. The Bertz CT molecular complexity index is 472. The fourth-order valence-corrected chi connectivity index (χ4v) is 4.48. The average molecular weight is 369 g/mol. The first-order valence-corrected chi connectivity index (χ1v) is 10.1. The summed E-state index contributed by atoms with van der Waals surface area (Å²) in [6.45, 7) is 6.04. The first-order chi connectivity index (χ1) is 10.5. The van der Waals surface area contributed by atoms with Gasteiger partial charge in [-0.05, 0) is 0 Å². The molecule has 1 heterocycles. The van der Waals surface area contributed by atoms with Crippen LogP contribution in [0.5, 0.6) is 0 Å². The van der Waals surface area contributed by atoms with Crippen LogP contribution >= 0.6 is 0 Å². The Morgan fingerprint density at radius 2 is 1.86 bits per heavy atom. The van der Waals surface area contributed by atoms with Crippen molar-refractivity contribution in [2.24, 2.45) is 0 Å². The van der Waals surface area contributed by atoms with Crippen LogP contribution in [0.4, 0.5) is 0 Å². The number of hydrogen-bond donors (Lipinski definition) is 0. The number of ether oxygens (including phenoxy) is 2. The van der Waals surface area contributed by atoms with E-state index in [4.69, 9.17) is 9.47 Å². The molecule has 3 nitrogen and oxygen atoms in total. The molecule has 0 amide bonds. The number of ketones is 1. The minimum absolute atomic E-state index is 0.132. The summed E-state index contributed by atoms with van der Waals surface area (Å²) in [6, 6.07) is 10.3. The molecule has 1 aromatic carbocycles. The molecule has 22 heavy (non-hydrogen) atoms. The second kappa shape index (κ2) is 8.26. The van der Waals surface area contributed by atoms with Gasteiger partial charge in [0, 0.05) is 0 Å². The predicted octanol–water partition coefficient (Wildman–Crippen LogP) is 3.10. The maximum atomic E-state index is 12.0. The van der Waals surface area contributed by atoms with E-state index in [1.165, 1.54) is 4.46 Å². The van der Waals surface area contributed by atoms with Gasteiger partial charge < -0.3 is 0 Å². The van der Waals surface area contributed by atoms with Gasteiger partial charge in [-0.15, -0.1) is 0 Å². The Morgan fingerprint density at radius 1 is 1.18 bits per heavy atom. The second-order valence-electron chi connectivity index (χ2n) is 6.15. The third kappa shape index (κ3) is 5.51. The van der Waals surface area contributed by atoms with Crippen molar-refractivity contribution >= 4 is 25.2 Å². The number of hydrogen-bond acceptors (Lipinski definition) is 3. The summed E-state index contributed by atoms with van der Waals surface area (Å²) in [4.78, 5) is 12.0. The van der Waals surface area contributed by atoms with Crippen molar-refractivity contribution in [2.75, 3.05) is 0 Å². The van der Waals surface area contributed by atoms with Crippen LogP contribution in [0.1, 0.15) is 46.5 Å². The molecule has 122 valence electrons. The van der Waals surface area contributed by atoms with Crippen LogP contribution in [0.25, 0.3) is 0 Å². The monoisotopic (exact) mass is 370 g/mol. The molecule has 0 radical (unpaired) electrons. The van der Waals surface area contributed by atoms with Gasteiger partial charge in [-0.1, -0.05) is 0 Å². The number of carbonyl (C=O) groups excluding carboxylic acids is 1. The van der Waals surface area contributed by atoms with E-state index in [9.17, 15) is 4.79 Å². The van der Waals surface area contributed by atoms with Crippen molar-refractivity contribution in [1.29, 1.82) is 0 Å². The molecule has 0 N–H and O–H groups in total. The number of carbonyl (C=O) groups is 1. The fourth-order valence-electron chi connectivity index (χ4n) is 2.75. The zero-order valence-electron chi connectivity index (χ0n) is 13.7. The van der Waals surface area contributed by atoms with Crippen LogP contribution in [-0.2, 0) is 14.3 Å². The summed E-state index contributed by atoms with van der Waals surface area (Å²) in [6.07, 6.45) is 3.71. The molecule has 0 saturated carbocycles. The van der Waals surface area contributed by atoms with E-state index >= 15 is 0 Å². The summed E-state index contributed by atoms with van der Waals surface area (Å²) in [7, 11) is 0. The predicted molar refractivity (Wildman–Crippen MR) is 89.6 cm³/mol. The summed E-state index contributed by atoms with van der Waals surface area (Å²) in [5.41, 5.74) is 0. The Morgan fingerprint density at radius 3 is 2.55 bits per heavy atom. The maximum absolute atomic E-state index is 12.0. The molecule has 4 heteroatoms. The van der Waals surface area contributed by atoms with Gasteiger partial charge in [-0.25, -0.2) is 0 Å². The molecule has 1 fully saturated rings. The minimum atomic E-state index is -0.480. The summed E-state index contributed by atoms with van der Waals surface area (Å²) in [5.74, 6) is -0.110. The van der Waals surface area contributed by atoms with Crippen LogP contribution in [0.15, 0.2) is 30.3 Å². The number of Topliss-reactive ketones (excluding diaryl/α,β-unsaturated/α-hetero) is 1.